The summed E-state index contributed by atoms with van der Waals surface area (Å²) in [4.78, 5) is 2.75. The molecule has 28 heavy (non-hydrogen) atoms. The third-order valence-corrected chi connectivity index (χ3v) is 8.24. The summed E-state index contributed by atoms with van der Waals surface area (Å²) in [5.74, 6) is 1.87. The predicted molar refractivity (Wildman–Crippen MR) is 108 cm³/mol. The number of benzene rings is 1. The lowest BCUT2D eigenvalue weighted by atomic mass is 9.48. The van der Waals surface area contributed by atoms with Gasteiger partial charge in [-0.3, -0.25) is 4.90 Å². The molecule has 1 saturated heterocycles. The standard InChI is InChI=1S/C24H31NO3/c1-3-12-27-24-9-8-15(2)22-23(24)10-11-25(14-16-4-5-16)19(24)13-17-6-7-18(26)21(28-22)20(17)23/h6-7,16,19,22,26H,2-5,8-14H2,1H3/t19-,22+,23+,24-/m1/s1. The number of nitrogens with zero attached hydrogens (tertiary/aromatic N) is 1. The van der Waals surface area contributed by atoms with Crippen LogP contribution in [0.3, 0.4) is 0 Å². The topological polar surface area (TPSA) is 41.9 Å². The van der Waals surface area contributed by atoms with Crippen LogP contribution in [0, 0.1) is 5.92 Å². The smallest absolute Gasteiger partial charge is 0.166 e. The average Bonchev–Trinajstić information content (AvgIpc) is 3.43. The molecule has 3 fully saturated rings. The number of ether oxygens (including phenoxy) is 2. The second-order valence-corrected chi connectivity index (χ2v) is 9.72. The summed E-state index contributed by atoms with van der Waals surface area (Å²) >= 11 is 0. The van der Waals surface area contributed by atoms with Gasteiger partial charge in [-0.15, -0.1) is 0 Å². The van der Waals surface area contributed by atoms with Crippen LogP contribution in [0.15, 0.2) is 24.3 Å². The van der Waals surface area contributed by atoms with Crippen molar-refractivity contribution in [1.82, 2.24) is 4.90 Å². The molecule has 0 aromatic heterocycles. The molecule has 1 N–H and O–H groups in total. The molecular formula is C24H31NO3. The summed E-state index contributed by atoms with van der Waals surface area (Å²) in [5, 5.41) is 10.6. The number of likely N-dealkylation sites (tertiary alicyclic amines) is 1. The number of rotatable bonds is 5. The lowest BCUT2D eigenvalue weighted by Gasteiger charge is -2.65. The molecule has 1 aromatic carbocycles. The number of phenols is 1. The first-order chi connectivity index (χ1) is 13.6. The van der Waals surface area contributed by atoms with Crippen molar-refractivity contribution in [2.75, 3.05) is 19.7 Å². The minimum absolute atomic E-state index is 0.0639. The van der Waals surface area contributed by atoms with Crippen molar-refractivity contribution in [3.05, 3.63) is 35.4 Å². The summed E-state index contributed by atoms with van der Waals surface area (Å²) in [6.07, 6.45) is 7.74. The Balaban J connectivity index is 1.57. The Morgan fingerprint density at radius 3 is 2.96 bits per heavy atom. The second kappa shape index (κ2) is 5.76. The maximum absolute atomic E-state index is 10.6. The molecule has 4 nitrogen and oxygen atoms in total. The maximum Gasteiger partial charge on any atom is 0.166 e. The molecule has 0 amide bonds. The van der Waals surface area contributed by atoms with Crippen LogP contribution in [0.5, 0.6) is 11.5 Å². The zero-order valence-electron chi connectivity index (χ0n) is 16.9. The number of phenolic OH excluding ortho intramolecular Hbond substituents is 1. The van der Waals surface area contributed by atoms with Crippen LogP contribution in [0.1, 0.15) is 56.6 Å². The van der Waals surface area contributed by atoms with Crippen LogP contribution in [0.2, 0.25) is 0 Å². The van der Waals surface area contributed by atoms with Gasteiger partial charge in [-0.1, -0.05) is 19.6 Å². The van der Waals surface area contributed by atoms with Crippen LogP contribution >= 0.6 is 0 Å². The van der Waals surface area contributed by atoms with Crippen LogP contribution in [-0.4, -0.2) is 47.4 Å². The zero-order valence-corrected chi connectivity index (χ0v) is 16.9. The van der Waals surface area contributed by atoms with E-state index in [9.17, 15) is 5.11 Å². The summed E-state index contributed by atoms with van der Waals surface area (Å²) in [6, 6.07) is 4.36. The van der Waals surface area contributed by atoms with Gasteiger partial charge in [0.25, 0.3) is 0 Å². The summed E-state index contributed by atoms with van der Waals surface area (Å²) in [6.45, 7) is 9.71. The Morgan fingerprint density at radius 1 is 1.32 bits per heavy atom. The fourth-order valence-electron chi connectivity index (χ4n) is 6.94. The van der Waals surface area contributed by atoms with Crippen molar-refractivity contribution in [2.45, 2.75) is 75.0 Å². The third-order valence-electron chi connectivity index (χ3n) is 8.24. The Hall–Kier alpha value is -1.52. The van der Waals surface area contributed by atoms with Crippen LogP contribution in [0.25, 0.3) is 0 Å². The highest BCUT2D eigenvalue weighted by atomic mass is 16.5. The zero-order chi connectivity index (χ0) is 19.1. The van der Waals surface area contributed by atoms with Gasteiger partial charge in [0.05, 0.1) is 11.0 Å². The van der Waals surface area contributed by atoms with E-state index in [-0.39, 0.29) is 22.9 Å². The quantitative estimate of drug-likeness (QED) is 0.785. The monoisotopic (exact) mass is 381 g/mol. The molecule has 2 heterocycles. The van der Waals surface area contributed by atoms with Crippen molar-refractivity contribution in [3.63, 3.8) is 0 Å². The fraction of sp³-hybridized carbons (Fsp3) is 0.667. The molecule has 150 valence electrons. The van der Waals surface area contributed by atoms with Gasteiger partial charge in [-0.25, -0.2) is 0 Å². The van der Waals surface area contributed by atoms with Gasteiger partial charge in [0.2, 0.25) is 0 Å². The van der Waals surface area contributed by atoms with Gasteiger partial charge in [0.15, 0.2) is 11.5 Å². The van der Waals surface area contributed by atoms with E-state index >= 15 is 0 Å². The molecule has 1 aromatic rings. The summed E-state index contributed by atoms with van der Waals surface area (Å²) in [7, 11) is 0. The highest BCUT2D eigenvalue weighted by Crippen LogP contribution is 2.67. The third kappa shape index (κ3) is 1.98. The van der Waals surface area contributed by atoms with E-state index in [0.717, 1.165) is 51.2 Å². The summed E-state index contributed by atoms with van der Waals surface area (Å²) in [5.41, 5.74) is 3.36. The minimum Gasteiger partial charge on any atom is -0.504 e. The molecular weight excluding hydrogens is 350 g/mol. The molecule has 2 bridgehead atoms. The van der Waals surface area contributed by atoms with Gasteiger partial charge in [-0.2, -0.15) is 0 Å². The largest absolute Gasteiger partial charge is 0.504 e. The fourth-order valence-corrected chi connectivity index (χ4v) is 6.94. The van der Waals surface area contributed by atoms with Crippen LogP contribution < -0.4 is 4.74 Å². The Bertz CT molecular complexity index is 846. The Labute approximate surface area is 167 Å². The van der Waals surface area contributed by atoms with Crippen molar-refractivity contribution in [2.24, 2.45) is 5.92 Å². The number of hydrogen-bond acceptors (Lipinski definition) is 4. The van der Waals surface area contributed by atoms with E-state index in [0.29, 0.717) is 11.8 Å². The Kier molecular flexibility index (Phi) is 3.57. The van der Waals surface area contributed by atoms with Crippen LogP contribution in [0.4, 0.5) is 0 Å². The van der Waals surface area contributed by atoms with E-state index in [1.54, 1.807) is 0 Å². The first kappa shape index (κ1) is 17.3. The van der Waals surface area contributed by atoms with Crippen molar-refractivity contribution in [1.29, 1.82) is 0 Å². The van der Waals surface area contributed by atoms with Gasteiger partial charge in [0.1, 0.15) is 6.10 Å². The van der Waals surface area contributed by atoms with Crippen molar-refractivity contribution < 1.29 is 14.6 Å². The molecule has 5 aliphatic rings. The molecule has 3 aliphatic carbocycles. The average molecular weight is 382 g/mol. The van der Waals surface area contributed by atoms with E-state index in [4.69, 9.17) is 9.47 Å². The number of hydrogen-bond donors (Lipinski definition) is 1. The molecule has 0 radical (unpaired) electrons. The van der Waals surface area contributed by atoms with Gasteiger partial charge < -0.3 is 14.6 Å². The highest BCUT2D eigenvalue weighted by molar-refractivity contribution is 5.64. The van der Waals surface area contributed by atoms with E-state index in [1.165, 1.54) is 36.1 Å². The van der Waals surface area contributed by atoms with Crippen molar-refractivity contribution >= 4 is 0 Å². The highest BCUT2D eigenvalue weighted by Gasteiger charge is 2.73. The molecule has 2 saturated carbocycles. The molecule has 4 atom stereocenters. The summed E-state index contributed by atoms with van der Waals surface area (Å²) < 4.78 is 13.4. The molecule has 6 rings (SSSR count). The normalized spacial score (nSPS) is 38.2. The number of piperidine rings is 1. The van der Waals surface area contributed by atoms with Crippen molar-refractivity contribution in [3.8, 4) is 11.5 Å². The van der Waals surface area contributed by atoms with Gasteiger partial charge in [0, 0.05) is 24.8 Å². The maximum atomic E-state index is 10.6. The lowest BCUT2D eigenvalue weighted by molar-refractivity contribution is -0.206. The molecule has 2 aliphatic heterocycles. The van der Waals surface area contributed by atoms with E-state index in [1.807, 2.05) is 6.07 Å². The first-order valence-corrected chi connectivity index (χ1v) is 11.2. The molecule has 0 unspecified atom stereocenters. The predicted octanol–water partition coefficient (Wildman–Crippen LogP) is 3.95. The number of aromatic hydroxyl groups is 1. The molecule has 4 heteroatoms. The lowest BCUT2D eigenvalue weighted by Crippen LogP contribution is -2.76. The SMILES string of the molecule is C=C1CC[C@@]2(OCCC)[C@H]3Cc4ccc(O)c5c4[C@@]2(CCN3CC2CC2)[C@H]1O5. The first-order valence-electron chi connectivity index (χ1n) is 11.2. The molecule has 1 spiro atoms. The minimum atomic E-state index is -0.228. The van der Waals surface area contributed by atoms with E-state index < -0.39 is 0 Å². The van der Waals surface area contributed by atoms with Crippen LogP contribution in [-0.2, 0) is 16.6 Å². The van der Waals surface area contributed by atoms with Gasteiger partial charge >= 0.3 is 0 Å². The van der Waals surface area contributed by atoms with E-state index in [2.05, 4.69) is 24.5 Å². The second-order valence-electron chi connectivity index (χ2n) is 9.72. The van der Waals surface area contributed by atoms with Gasteiger partial charge in [-0.05, 0) is 74.6 Å². The Morgan fingerprint density at radius 2 is 2.18 bits per heavy atom.